The number of aromatic nitrogens is 4. The molecule has 8 nitrogen and oxygen atoms in total. The van der Waals surface area contributed by atoms with E-state index < -0.39 is 0 Å². The Balaban J connectivity index is 1.32. The second kappa shape index (κ2) is 12.1. The Kier molecular flexibility index (Phi) is 8.71. The second-order valence-electron chi connectivity index (χ2n) is 9.08. The smallest absolute Gasteiger partial charge is 0.255 e. The summed E-state index contributed by atoms with van der Waals surface area (Å²) in [5, 5.41) is 0. The molecule has 0 bridgehead atoms. The number of rotatable bonds is 11. The van der Waals surface area contributed by atoms with Gasteiger partial charge in [0.15, 0.2) is 0 Å². The Labute approximate surface area is 207 Å². The van der Waals surface area contributed by atoms with E-state index in [0.717, 1.165) is 61.8 Å². The number of imidazole rings is 1. The zero-order chi connectivity index (χ0) is 24.6. The number of piperidine rings is 1. The van der Waals surface area contributed by atoms with Crippen LogP contribution in [0.2, 0.25) is 0 Å². The minimum absolute atomic E-state index is 0.128. The van der Waals surface area contributed by atoms with E-state index in [1.807, 2.05) is 49.3 Å². The number of hydrogen-bond acceptors (Lipinski definition) is 5. The molecule has 8 heteroatoms. The molecular formula is C27H37N5O3. The maximum Gasteiger partial charge on any atom is 0.255 e. The Bertz CT molecular complexity index is 1080. The molecule has 35 heavy (non-hydrogen) atoms. The number of likely N-dealkylation sites (tertiary alicyclic amines) is 1. The van der Waals surface area contributed by atoms with E-state index in [2.05, 4.69) is 26.0 Å². The molecule has 4 heterocycles. The normalized spacial score (nSPS) is 14.5. The van der Waals surface area contributed by atoms with Crippen LogP contribution in [0.15, 0.2) is 43.0 Å². The summed E-state index contributed by atoms with van der Waals surface area (Å²) in [6.07, 6.45) is 9.34. The molecule has 1 aliphatic heterocycles. The van der Waals surface area contributed by atoms with E-state index in [1.165, 1.54) is 5.56 Å². The van der Waals surface area contributed by atoms with Crippen LogP contribution >= 0.6 is 0 Å². The van der Waals surface area contributed by atoms with E-state index in [1.54, 1.807) is 12.4 Å². The SMILES string of the molecule is CCOCCOCCn1ccnc1C1CCN(C(=O)c2cc(C)n(Cc3ccncc3)c2C)CC1. The van der Waals surface area contributed by atoms with Crippen LogP contribution in [0.3, 0.4) is 0 Å². The summed E-state index contributed by atoms with van der Waals surface area (Å²) in [4.78, 5) is 24.1. The molecular weight excluding hydrogens is 442 g/mol. The van der Waals surface area contributed by atoms with Gasteiger partial charge in [0, 0.05) is 74.9 Å². The molecule has 1 saturated heterocycles. The Morgan fingerprint density at radius 1 is 1.06 bits per heavy atom. The number of carbonyl (C=O) groups is 1. The molecule has 0 spiro atoms. The Morgan fingerprint density at radius 2 is 1.80 bits per heavy atom. The van der Waals surface area contributed by atoms with Crippen LogP contribution in [-0.4, -0.2) is 69.4 Å². The summed E-state index contributed by atoms with van der Waals surface area (Å²) >= 11 is 0. The third-order valence-corrected chi connectivity index (χ3v) is 6.84. The number of amides is 1. The Hall–Kier alpha value is -2.97. The number of pyridine rings is 1. The van der Waals surface area contributed by atoms with Gasteiger partial charge in [0.05, 0.1) is 25.4 Å². The molecule has 0 N–H and O–H groups in total. The third-order valence-electron chi connectivity index (χ3n) is 6.84. The van der Waals surface area contributed by atoms with E-state index in [0.29, 0.717) is 32.3 Å². The quantitative estimate of drug-likeness (QED) is 0.391. The first-order valence-electron chi connectivity index (χ1n) is 12.6. The van der Waals surface area contributed by atoms with E-state index >= 15 is 0 Å². The Morgan fingerprint density at radius 3 is 2.54 bits per heavy atom. The molecule has 4 rings (SSSR count). The van der Waals surface area contributed by atoms with Crippen LogP contribution in [0.4, 0.5) is 0 Å². The van der Waals surface area contributed by atoms with Gasteiger partial charge < -0.3 is 23.5 Å². The fourth-order valence-electron chi connectivity index (χ4n) is 4.84. The highest BCUT2D eigenvalue weighted by atomic mass is 16.5. The topological polar surface area (TPSA) is 74.4 Å². The monoisotopic (exact) mass is 479 g/mol. The van der Waals surface area contributed by atoms with Gasteiger partial charge in [-0.15, -0.1) is 0 Å². The maximum atomic E-state index is 13.4. The van der Waals surface area contributed by atoms with Crippen molar-refractivity contribution >= 4 is 5.91 Å². The van der Waals surface area contributed by atoms with Crippen molar-refractivity contribution in [3.05, 3.63) is 71.3 Å². The van der Waals surface area contributed by atoms with Gasteiger partial charge in [-0.2, -0.15) is 0 Å². The van der Waals surface area contributed by atoms with Crippen molar-refractivity contribution in [1.29, 1.82) is 0 Å². The van der Waals surface area contributed by atoms with Crippen LogP contribution in [0, 0.1) is 13.8 Å². The number of aryl methyl sites for hydroxylation is 1. The van der Waals surface area contributed by atoms with Crippen LogP contribution in [0.5, 0.6) is 0 Å². The summed E-state index contributed by atoms with van der Waals surface area (Å²) in [6.45, 7) is 11.7. The van der Waals surface area contributed by atoms with Gasteiger partial charge in [0.1, 0.15) is 5.82 Å². The minimum Gasteiger partial charge on any atom is -0.379 e. The van der Waals surface area contributed by atoms with Gasteiger partial charge in [-0.05, 0) is 57.4 Å². The van der Waals surface area contributed by atoms with Crippen molar-refractivity contribution < 1.29 is 14.3 Å². The van der Waals surface area contributed by atoms with Gasteiger partial charge in [0.2, 0.25) is 0 Å². The molecule has 1 amide bonds. The van der Waals surface area contributed by atoms with Crippen molar-refractivity contribution in [3.63, 3.8) is 0 Å². The largest absolute Gasteiger partial charge is 0.379 e. The van der Waals surface area contributed by atoms with Crippen LogP contribution < -0.4 is 0 Å². The van der Waals surface area contributed by atoms with Crippen molar-refractivity contribution in [2.45, 2.75) is 52.6 Å². The van der Waals surface area contributed by atoms with Gasteiger partial charge in [-0.1, -0.05) is 0 Å². The predicted octanol–water partition coefficient (Wildman–Crippen LogP) is 3.82. The summed E-state index contributed by atoms with van der Waals surface area (Å²) in [5.41, 5.74) is 4.10. The van der Waals surface area contributed by atoms with Crippen molar-refractivity contribution in [2.75, 3.05) is 39.5 Å². The molecule has 1 aliphatic rings. The van der Waals surface area contributed by atoms with Gasteiger partial charge in [-0.3, -0.25) is 9.78 Å². The third kappa shape index (κ3) is 6.18. The standard InChI is InChI=1S/C27H37N5O3/c1-4-34-17-18-35-16-15-30-14-11-29-26(30)24-7-12-31(13-8-24)27(33)25-19-21(2)32(22(25)3)20-23-5-9-28-10-6-23/h5-6,9-11,14,19,24H,4,7-8,12-13,15-18,20H2,1-3H3. The molecule has 0 aliphatic carbocycles. The van der Waals surface area contributed by atoms with E-state index in [9.17, 15) is 4.79 Å². The van der Waals surface area contributed by atoms with E-state index in [4.69, 9.17) is 9.47 Å². The first-order valence-corrected chi connectivity index (χ1v) is 12.6. The van der Waals surface area contributed by atoms with Crippen LogP contribution in [-0.2, 0) is 22.6 Å². The van der Waals surface area contributed by atoms with Crippen molar-refractivity contribution in [1.82, 2.24) is 24.0 Å². The molecule has 1 fully saturated rings. The molecule has 0 aromatic carbocycles. The lowest BCUT2D eigenvalue weighted by atomic mass is 9.95. The highest BCUT2D eigenvalue weighted by Crippen LogP contribution is 2.28. The molecule has 0 atom stereocenters. The lowest BCUT2D eigenvalue weighted by Crippen LogP contribution is -2.38. The maximum absolute atomic E-state index is 13.4. The molecule has 3 aromatic rings. The summed E-state index contributed by atoms with van der Waals surface area (Å²) in [6, 6.07) is 6.06. The fourth-order valence-corrected chi connectivity index (χ4v) is 4.84. The summed E-state index contributed by atoms with van der Waals surface area (Å²) in [7, 11) is 0. The first kappa shape index (κ1) is 25.1. The van der Waals surface area contributed by atoms with Crippen molar-refractivity contribution in [3.8, 4) is 0 Å². The van der Waals surface area contributed by atoms with Crippen LogP contribution in [0.1, 0.15) is 58.8 Å². The molecule has 0 unspecified atom stereocenters. The van der Waals surface area contributed by atoms with Crippen molar-refractivity contribution in [2.24, 2.45) is 0 Å². The lowest BCUT2D eigenvalue weighted by molar-refractivity contribution is 0.0492. The number of ether oxygens (including phenoxy) is 2. The fraction of sp³-hybridized carbons (Fsp3) is 0.519. The zero-order valence-corrected chi connectivity index (χ0v) is 21.2. The predicted molar refractivity (Wildman–Crippen MR) is 135 cm³/mol. The van der Waals surface area contributed by atoms with Gasteiger partial charge in [0.25, 0.3) is 5.91 Å². The van der Waals surface area contributed by atoms with Gasteiger partial charge >= 0.3 is 0 Å². The molecule has 0 saturated carbocycles. The zero-order valence-electron chi connectivity index (χ0n) is 21.2. The lowest BCUT2D eigenvalue weighted by Gasteiger charge is -2.32. The number of nitrogens with zero attached hydrogens (tertiary/aromatic N) is 5. The number of hydrogen-bond donors (Lipinski definition) is 0. The second-order valence-corrected chi connectivity index (χ2v) is 9.08. The molecule has 0 radical (unpaired) electrons. The number of carbonyl (C=O) groups excluding carboxylic acids is 1. The first-order chi connectivity index (χ1) is 17.1. The summed E-state index contributed by atoms with van der Waals surface area (Å²) in [5.74, 6) is 1.58. The molecule has 188 valence electrons. The minimum atomic E-state index is 0.128. The average molecular weight is 480 g/mol. The summed E-state index contributed by atoms with van der Waals surface area (Å²) < 4.78 is 15.4. The average Bonchev–Trinajstić information content (AvgIpc) is 3.46. The highest BCUT2D eigenvalue weighted by molar-refractivity contribution is 5.95. The van der Waals surface area contributed by atoms with Gasteiger partial charge in [-0.25, -0.2) is 4.98 Å². The van der Waals surface area contributed by atoms with E-state index in [-0.39, 0.29) is 5.91 Å². The molecule has 3 aromatic heterocycles. The highest BCUT2D eigenvalue weighted by Gasteiger charge is 2.28. The van der Waals surface area contributed by atoms with Crippen LogP contribution in [0.25, 0.3) is 0 Å².